The lowest BCUT2D eigenvalue weighted by molar-refractivity contribution is -0.137. The summed E-state index contributed by atoms with van der Waals surface area (Å²) in [5.41, 5.74) is 0. The van der Waals surface area contributed by atoms with Crippen LogP contribution in [0.4, 0.5) is 0 Å². The summed E-state index contributed by atoms with van der Waals surface area (Å²) in [7, 11) is 0. The number of carbonyl (C=O) groups excluding carboxylic acids is 1. The zero-order chi connectivity index (χ0) is 7.84. The Kier molecular flexibility index (Phi) is 1.72. The Hall–Kier alpha value is -0.370. The summed E-state index contributed by atoms with van der Waals surface area (Å²) in [6, 6.07) is 0. The van der Waals surface area contributed by atoms with E-state index in [1.807, 2.05) is 0 Å². The molecule has 0 heterocycles. The summed E-state index contributed by atoms with van der Waals surface area (Å²) in [5, 5.41) is 9.47. The van der Waals surface area contributed by atoms with Gasteiger partial charge in [0, 0.05) is 11.8 Å². The zero-order valence-corrected chi connectivity index (χ0v) is 6.62. The van der Waals surface area contributed by atoms with Gasteiger partial charge in [0.2, 0.25) is 0 Å². The molecule has 0 aromatic heterocycles. The van der Waals surface area contributed by atoms with Gasteiger partial charge in [0.15, 0.2) is 0 Å². The first-order valence-corrected chi connectivity index (χ1v) is 4.51. The Morgan fingerprint density at radius 3 is 2.73 bits per heavy atom. The van der Waals surface area contributed by atoms with E-state index in [1.165, 1.54) is 0 Å². The average Bonchev–Trinajstić information content (AvgIpc) is 1.98. The standard InChI is InChI=1S/C9H14O2/c10-8-5-4-6-2-1-3-7(8)9(6)11/h6-8,10H,1-5H2. The number of rotatable bonds is 0. The summed E-state index contributed by atoms with van der Waals surface area (Å²) in [6.45, 7) is 0. The lowest BCUT2D eigenvalue weighted by Gasteiger charge is -2.36. The third-order valence-corrected chi connectivity index (χ3v) is 3.11. The monoisotopic (exact) mass is 154 g/mol. The molecule has 0 aromatic rings. The fourth-order valence-corrected chi connectivity index (χ4v) is 2.41. The number of aliphatic hydroxyl groups is 1. The Labute approximate surface area is 66.6 Å². The number of Topliss-reactive ketones (excluding diaryl/α,β-unsaturated/α-hetero) is 1. The molecule has 1 N–H and O–H groups in total. The molecule has 2 bridgehead atoms. The van der Waals surface area contributed by atoms with E-state index in [0.717, 1.165) is 32.1 Å². The van der Waals surface area contributed by atoms with Crippen molar-refractivity contribution in [3.8, 4) is 0 Å². The summed E-state index contributed by atoms with van der Waals surface area (Å²) < 4.78 is 0. The molecule has 2 rings (SSSR count). The van der Waals surface area contributed by atoms with E-state index in [4.69, 9.17) is 0 Å². The number of hydrogen-bond donors (Lipinski definition) is 1. The van der Waals surface area contributed by atoms with Gasteiger partial charge in [0.05, 0.1) is 6.10 Å². The molecule has 0 aromatic carbocycles. The average molecular weight is 154 g/mol. The minimum absolute atomic E-state index is 0.00231. The van der Waals surface area contributed by atoms with Crippen LogP contribution in [0.25, 0.3) is 0 Å². The van der Waals surface area contributed by atoms with E-state index in [9.17, 15) is 9.90 Å². The molecule has 2 saturated carbocycles. The highest BCUT2D eigenvalue weighted by atomic mass is 16.3. The topological polar surface area (TPSA) is 37.3 Å². The van der Waals surface area contributed by atoms with Crippen molar-refractivity contribution in [2.45, 2.75) is 38.2 Å². The van der Waals surface area contributed by atoms with Crippen molar-refractivity contribution in [2.24, 2.45) is 11.8 Å². The van der Waals surface area contributed by atoms with Crippen molar-refractivity contribution in [3.63, 3.8) is 0 Å². The van der Waals surface area contributed by atoms with E-state index in [1.54, 1.807) is 0 Å². The first kappa shape index (κ1) is 7.29. The van der Waals surface area contributed by atoms with E-state index in [0.29, 0.717) is 11.7 Å². The minimum Gasteiger partial charge on any atom is -0.392 e. The molecular formula is C9H14O2. The van der Waals surface area contributed by atoms with Crippen molar-refractivity contribution < 1.29 is 9.90 Å². The predicted molar refractivity (Wildman–Crippen MR) is 41.1 cm³/mol. The van der Waals surface area contributed by atoms with Crippen LogP contribution in [0.15, 0.2) is 0 Å². The second-order valence-electron chi connectivity index (χ2n) is 3.78. The molecule has 2 fully saturated rings. The van der Waals surface area contributed by atoms with Crippen LogP contribution in [0.5, 0.6) is 0 Å². The van der Waals surface area contributed by atoms with Gasteiger partial charge < -0.3 is 5.11 Å². The van der Waals surface area contributed by atoms with Gasteiger partial charge in [0.25, 0.3) is 0 Å². The lowest BCUT2D eigenvalue weighted by atomic mass is 9.70. The maximum Gasteiger partial charge on any atom is 0.141 e. The molecule has 62 valence electrons. The summed E-state index contributed by atoms with van der Waals surface area (Å²) >= 11 is 0. The highest BCUT2D eigenvalue weighted by molar-refractivity contribution is 5.85. The van der Waals surface area contributed by atoms with Crippen molar-refractivity contribution in [2.75, 3.05) is 0 Å². The van der Waals surface area contributed by atoms with E-state index in [2.05, 4.69) is 0 Å². The first-order valence-electron chi connectivity index (χ1n) is 4.51. The van der Waals surface area contributed by atoms with Crippen LogP contribution in [-0.4, -0.2) is 17.0 Å². The maximum atomic E-state index is 11.5. The molecule has 0 saturated heterocycles. The summed E-state index contributed by atoms with van der Waals surface area (Å²) in [4.78, 5) is 11.5. The molecule has 2 aliphatic rings. The molecule has 0 spiro atoms. The summed E-state index contributed by atoms with van der Waals surface area (Å²) in [5.74, 6) is 0.648. The minimum atomic E-state index is -0.320. The van der Waals surface area contributed by atoms with Crippen LogP contribution in [0.2, 0.25) is 0 Å². The molecule has 0 radical (unpaired) electrons. The molecule has 2 heteroatoms. The van der Waals surface area contributed by atoms with Crippen molar-refractivity contribution >= 4 is 5.78 Å². The number of fused-ring (bicyclic) bond motifs is 2. The SMILES string of the molecule is O=C1C2CCCC1C(O)CC2. The van der Waals surface area contributed by atoms with Crippen LogP contribution in [0.1, 0.15) is 32.1 Å². The molecule has 3 unspecified atom stereocenters. The van der Waals surface area contributed by atoms with Crippen LogP contribution in [0, 0.1) is 11.8 Å². The van der Waals surface area contributed by atoms with Gasteiger partial charge in [-0.15, -0.1) is 0 Å². The number of aliphatic hydroxyl groups excluding tert-OH is 1. The largest absolute Gasteiger partial charge is 0.392 e. The molecule has 0 aliphatic heterocycles. The van der Waals surface area contributed by atoms with Crippen molar-refractivity contribution in [3.05, 3.63) is 0 Å². The third-order valence-electron chi connectivity index (χ3n) is 3.11. The molecule has 3 atom stereocenters. The number of carbonyl (C=O) groups is 1. The van der Waals surface area contributed by atoms with Crippen LogP contribution in [-0.2, 0) is 4.79 Å². The van der Waals surface area contributed by atoms with Crippen LogP contribution < -0.4 is 0 Å². The molecular weight excluding hydrogens is 140 g/mol. The highest BCUT2D eigenvalue weighted by Crippen LogP contribution is 2.36. The highest BCUT2D eigenvalue weighted by Gasteiger charge is 2.39. The molecule has 2 nitrogen and oxygen atoms in total. The molecule has 0 amide bonds. The summed E-state index contributed by atoms with van der Waals surface area (Å²) in [6.07, 6.45) is 4.59. The Morgan fingerprint density at radius 2 is 2.00 bits per heavy atom. The predicted octanol–water partition coefficient (Wildman–Crippen LogP) is 1.13. The second-order valence-corrected chi connectivity index (χ2v) is 3.78. The van der Waals surface area contributed by atoms with Gasteiger partial charge in [0.1, 0.15) is 5.78 Å². The normalized spacial score (nSPS) is 44.1. The fraction of sp³-hybridized carbons (Fsp3) is 0.889. The molecule has 2 aliphatic carbocycles. The molecule has 11 heavy (non-hydrogen) atoms. The van der Waals surface area contributed by atoms with Crippen molar-refractivity contribution in [1.82, 2.24) is 0 Å². The fourth-order valence-electron chi connectivity index (χ4n) is 2.41. The maximum absolute atomic E-state index is 11.5. The number of hydrogen-bond acceptors (Lipinski definition) is 2. The lowest BCUT2D eigenvalue weighted by Crippen LogP contribution is -2.41. The third kappa shape index (κ3) is 1.09. The van der Waals surface area contributed by atoms with Gasteiger partial charge in [-0.1, -0.05) is 6.42 Å². The Morgan fingerprint density at radius 1 is 1.18 bits per heavy atom. The van der Waals surface area contributed by atoms with E-state index >= 15 is 0 Å². The zero-order valence-electron chi connectivity index (χ0n) is 6.62. The van der Waals surface area contributed by atoms with Gasteiger partial charge in [-0.05, 0) is 25.7 Å². The first-order chi connectivity index (χ1) is 5.29. The Balaban J connectivity index is 2.16. The van der Waals surface area contributed by atoms with E-state index in [-0.39, 0.29) is 12.0 Å². The number of ketones is 1. The smallest absolute Gasteiger partial charge is 0.141 e. The Bertz CT molecular complexity index is 176. The van der Waals surface area contributed by atoms with Crippen molar-refractivity contribution in [1.29, 1.82) is 0 Å². The van der Waals surface area contributed by atoms with E-state index < -0.39 is 0 Å². The quantitative estimate of drug-likeness (QED) is 0.568. The van der Waals surface area contributed by atoms with Gasteiger partial charge in [-0.25, -0.2) is 0 Å². The second kappa shape index (κ2) is 2.59. The van der Waals surface area contributed by atoms with Crippen LogP contribution >= 0.6 is 0 Å². The van der Waals surface area contributed by atoms with Crippen LogP contribution in [0.3, 0.4) is 0 Å². The van der Waals surface area contributed by atoms with Gasteiger partial charge in [-0.2, -0.15) is 0 Å². The van der Waals surface area contributed by atoms with Gasteiger partial charge >= 0.3 is 0 Å². The van der Waals surface area contributed by atoms with Gasteiger partial charge in [-0.3, -0.25) is 4.79 Å².